The molecule has 3 aromatic rings. The number of carbonyl (C=O) groups is 1. The van der Waals surface area contributed by atoms with Gasteiger partial charge in [0.15, 0.2) is 5.65 Å². The second kappa shape index (κ2) is 10.2. The number of rotatable bonds is 4. The summed E-state index contributed by atoms with van der Waals surface area (Å²) in [5, 5.41) is 20.4. The van der Waals surface area contributed by atoms with Gasteiger partial charge in [-0.05, 0) is 51.8 Å². The molecule has 186 valence electrons. The van der Waals surface area contributed by atoms with E-state index in [9.17, 15) is 10.1 Å². The van der Waals surface area contributed by atoms with Crippen molar-refractivity contribution in [3.8, 4) is 6.07 Å². The van der Waals surface area contributed by atoms with Crippen LogP contribution in [0, 0.1) is 18.3 Å². The number of aromatic nitrogens is 3. The van der Waals surface area contributed by atoms with Crippen LogP contribution in [-0.2, 0) is 13.6 Å². The maximum Gasteiger partial charge on any atom is 0.402 e. The summed E-state index contributed by atoms with van der Waals surface area (Å²) >= 11 is 0. The Bertz CT molecular complexity index is 1320. The maximum absolute atomic E-state index is 13.2. The van der Waals surface area contributed by atoms with Gasteiger partial charge in [0.2, 0.25) is 0 Å². The summed E-state index contributed by atoms with van der Waals surface area (Å²) in [7, 11) is 1.77. The fourth-order valence-electron chi connectivity index (χ4n) is 4.53. The zero-order chi connectivity index (χ0) is 25.9. The van der Waals surface area contributed by atoms with E-state index in [1.54, 1.807) is 22.2 Å². The number of benzene rings is 1. The van der Waals surface area contributed by atoms with E-state index >= 15 is 0 Å². The number of fused-ring (bicyclic) bond motifs is 1. The predicted octanol–water partition coefficient (Wildman–Crippen LogP) is 2.55. The first kappa shape index (κ1) is 25.8. The van der Waals surface area contributed by atoms with E-state index in [-0.39, 0.29) is 11.2 Å². The highest BCUT2D eigenvalue weighted by molar-refractivity contribution is 5.87. The lowest BCUT2D eigenvalue weighted by molar-refractivity contribution is 0.205. The van der Waals surface area contributed by atoms with Crippen LogP contribution in [0.15, 0.2) is 35.1 Å². The van der Waals surface area contributed by atoms with Crippen molar-refractivity contribution in [3.63, 3.8) is 0 Å². The Hall–Kier alpha value is -3.84. The molecular formula is C25H33N7O3. The Morgan fingerprint density at radius 1 is 1.34 bits per heavy atom. The van der Waals surface area contributed by atoms with Crippen LogP contribution in [0.3, 0.4) is 0 Å². The highest BCUT2D eigenvalue weighted by Gasteiger charge is 2.29. The molecule has 1 saturated heterocycles. The number of amides is 1. The maximum atomic E-state index is 13.2. The monoisotopic (exact) mass is 479 g/mol. The molecule has 1 aliphatic heterocycles. The Morgan fingerprint density at radius 2 is 2.00 bits per heavy atom. The zero-order valence-corrected chi connectivity index (χ0v) is 20.9. The summed E-state index contributed by atoms with van der Waals surface area (Å²) in [5.74, 6) is 0. The lowest BCUT2D eigenvalue weighted by Crippen LogP contribution is -2.44. The largest absolute Gasteiger partial charge is 0.465 e. The van der Waals surface area contributed by atoms with E-state index in [1.165, 1.54) is 0 Å². The number of nitrogens with zero attached hydrogens (tertiary/aromatic N) is 5. The number of hydrogen-bond acceptors (Lipinski definition) is 6. The zero-order valence-electron chi connectivity index (χ0n) is 20.9. The van der Waals surface area contributed by atoms with Crippen LogP contribution in [0.2, 0.25) is 0 Å². The van der Waals surface area contributed by atoms with Crippen LogP contribution in [0.4, 0.5) is 10.5 Å². The van der Waals surface area contributed by atoms with Crippen molar-refractivity contribution in [1.82, 2.24) is 19.4 Å². The van der Waals surface area contributed by atoms with E-state index in [0.717, 1.165) is 42.0 Å². The van der Waals surface area contributed by atoms with Gasteiger partial charge in [-0.3, -0.25) is 9.13 Å². The SMILES string of the molecule is Cc1cc(N2CC[C@@H](NC(C)(C)C)C2)c2c(n1)n(C)c(=O)n2Cc1ccccc1C#N.NC(=O)O. The Balaban J connectivity index is 0.000000795. The van der Waals surface area contributed by atoms with Crippen molar-refractivity contribution >= 4 is 22.9 Å². The summed E-state index contributed by atoms with van der Waals surface area (Å²) < 4.78 is 3.37. The van der Waals surface area contributed by atoms with Crippen LogP contribution < -0.4 is 21.6 Å². The van der Waals surface area contributed by atoms with Gasteiger partial charge >= 0.3 is 11.8 Å². The van der Waals surface area contributed by atoms with Gasteiger partial charge in [-0.2, -0.15) is 5.26 Å². The Labute approximate surface area is 204 Å². The number of pyridine rings is 1. The molecule has 4 N–H and O–H groups in total. The van der Waals surface area contributed by atoms with E-state index in [1.807, 2.05) is 25.1 Å². The van der Waals surface area contributed by atoms with Crippen molar-refractivity contribution in [2.45, 2.75) is 52.2 Å². The van der Waals surface area contributed by atoms with Crippen molar-refractivity contribution in [3.05, 3.63) is 57.6 Å². The third-order valence-electron chi connectivity index (χ3n) is 5.82. The van der Waals surface area contributed by atoms with Gasteiger partial charge in [0, 0.05) is 37.4 Å². The van der Waals surface area contributed by atoms with E-state index in [2.05, 4.69) is 53.8 Å². The first-order valence-corrected chi connectivity index (χ1v) is 11.5. The number of carboxylic acid groups (broad SMARTS) is 1. The number of primary amides is 1. The van der Waals surface area contributed by atoms with Crippen molar-refractivity contribution < 1.29 is 9.90 Å². The molecule has 1 aromatic carbocycles. The van der Waals surface area contributed by atoms with E-state index in [0.29, 0.717) is 23.8 Å². The Kier molecular flexibility index (Phi) is 7.51. The van der Waals surface area contributed by atoms with Crippen LogP contribution >= 0.6 is 0 Å². The fraction of sp³-hybridized carbons (Fsp3) is 0.440. The molecule has 0 radical (unpaired) electrons. The molecule has 0 aliphatic carbocycles. The molecule has 0 spiro atoms. The van der Waals surface area contributed by atoms with Gasteiger partial charge in [0.25, 0.3) is 0 Å². The molecule has 3 heterocycles. The number of aryl methyl sites for hydroxylation is 2. The molecule has 1 fully saturated rings. The van der Waals surface area contributed by atoms with Crippen molar-refractivity contribution in [2.75, 3.05) is 18.0 Å². The normalized spacial score (nSPS) is 15.5. The summed E-state index contributed by atoms with van der Waals surface area (Å²) in [6, 6.07) is 12.2. The number of nitrogens with two attached hydrogens (primary N) is 1. The lowest BCUT2D eigenvalue weighted by atomic mass is 10.1. The van der Waals surface area contributed by atoms with E-state index in [4.69, 9.17) is 9.90 Å². The first-order valence-electron chi connectivity index (χ1n) is 11.5. The molecule has 0 bridgehead atoms. The van der Waals surface area contributed by atoms with Crippen LogP contribution in [0.5, 0.6) is 0 Å². The van der Waals surface area contributed by atoms with Gasteiger partial charge in [-0.1, -0.05) is 18.2 Å². The Morgan fingerprint density at radius 3 is 2.63 bits per heavy atom. The van der Waals surface area contributed by atoms with Gasteiger partial charge < -0.3 is 21.1 Å². The standard InChI is InChI=1S/C24H30N6O.CH3NO2/c1-16-12-20(29-11-10-19(15-29)27-24(2,3)4)21-22(26-16)28(5)23(31)30(21)14-18-9-7-6-8-17(18)13-25;2-1(3)4/h6-9,12,19,27H,10-11,14-15H2,1-5H3;2H2,(H,3,4)/t19-;/m1./s1. The average molecular weight is 480 g/mol. The van der Waals surface area contributed by atoms with Crippen LogP contribution in [0.1, 0.15) is 44.0 Å². The number of hydrogen-bond donors (Lipinski definition) is 3. The minimum absolute atomic E-state index is 0.0556. The molecule has 1 amide bonds. The molecule has 2 aromatic heterocycles. The molecule has 4 rings (SSSR count). The summed E-state index contributed by atoms with van der Waals surface area (Å²) in [6.07, 6.45) is -0.283. The topological polar surface area (TPSA) is 142 Å². The lowest BCUT2D eigenvalue weighted by Gasteiger charge is -2.26. The molecule has 0 unspecified atom stereocenters. The molecular weight excluding hydrogens is 446 g/mol. The summed E-state index contributed by atoms with van der Waals surface area (Å²) in [5.41, 5.74) is 8.82. The molecule has 0 saturated carbocycles. The number of imidazole rings is 1. The summed E-state index contributed by atoms with van der Waals surface area (Å²) in [6.45, 7) is 10.7. The number of nitriles is 1. The molecule has 35 heavy (non-hydrogen) atoms. The smallest absolute Gasteiger partial charge is 0.402 e. The minimum atomic E-state index is -1.33. The summed E-state index contributed by atoms with van der Waals surface area (Å²) in [4.78, 5) is 29.0. The third kappa shape index (κ3) is 6.00. The predicted molar refractivity (Wildman–Crippen MR) is 136 cm³/mol. The number of anilines is 1. The second-order valence-electron chi connectivity index (χ2n) is 9.82. The van der Waals surface area contributed by atoms with Gasteiger partial charge in [0.1, 0.15) is 5.52 Å². The van der Waals surface area contributed by atoms with Crippen LogP contribution in [0.25, 0.3) is 11.2 Å². The highest BCUT2D eigenvalue weighted by Crippen LogP contribution is 2.30. The van der Waals surface area contributed by atoms with Crippen molar-refractivity contribution in [1.29, 1.82) is 5.26 Å². The molecule has 1 atom stereocenters. The number of nitrogens with one attached hydrogen (secondary N) is 1. The first-order chi connectivity index (χ1) is 16.4. The molecule has 1 aliphatic rings. The second-order valence-corrected chi connectivity index (χ2v) is 9.82. The fourth-order valence-corrected chi connectivity index (χ4v) is 4.53. The molecule has 10 heteroatoms. The third-order valence-corrected chi connectivity index (χ3v) is 5.82. The van der Waals surface area contributed by atoms with Gasteiger partial charge in [-0.25, -0.2) is 14.6 Å². The van der Waals surface area contributed by atoms with Gasteiger partial charge in [0.05, 0.1) is 23.9 Å². The van der Waals surface area contributed by atoms with Gasteiger partial charge in [-0.15, -0.1) is 0 Å². The quantitative estimate of drug-likeness (QED) is 0.522. The minimum Gasteiger partial charge on any atom is -0.465 e. The van der Waals surface area contributed by atoms with E-state index < -0.39 is 6.09 Å². The highest BCUT2D eigenvalue weighted by atomic mass is 16.4. The molecule has 10 nitrogen and oxygen atoms in total. The van der Waals surface area contributed by atoms with Crippen molar-refractivity contribution in [2.24, 2.45) is 12.8 Å². The van der Waals surface area contributed by atoms with Crippen LogP contribution in [-0.4, -0.2) is 50.0 Å². The average Bonchev–Trinajstić information content (AvgIpc) is 3.31.